The number of H-pyrrole nitrogens is 2. The van der Waals surface area contributed by atoms with Gasteiger partial charge >= 0.3 is 0 Å². The van der Waals surface area contributed by atoms with E-state index in [1.807, 2.05) is 30.3 Å². The molecule has 8 heteroatoms. The topological polar surface area (TPSA) is 112 Å². The van der Waals surface area contributed by atoms with Crippen LogP contribution in [0.15, 0.2) is 66.2 Å². The summed E-state index contributed by atoms with van der Waals surface area (Å²) >= 11 is 0. The van der Waals surface area contributed by atoms with Crippen LogP contribution in [-0.2, 0) is 0 Å². The van der Waals surface area contributed by atoms with Crippen molar-refractivity contribution in [2.45, 2.75) is 0 Å². The van der Waals surface area contributed by atoms with E-state index in [0.717, 1.165) is 27.5 Å². The monoisotopic (exact) mass is 355 g/mol. The highest BCUT2D eigenvalue weighted by atomic mass is 16.1. The number of pyridine rings is 2. The van der Waals surface area contributed by atoms with Crippen LogP contribution in [-0.4, -0.2) is 30.1 Å². The minimum absolute atomic E-state index is 0.207. The molecule has 0 fully saturated rings. The smallest absolute Gasteiger partial charge is 0.259 e. The Morgan fingerprint density at radius 2 is 1.85 bits per heavy atom. The summed E-state index contributed by atoms with van der Waals surface area (Å²) in [6.07, 6.45) is 8.22. The van der Waals surface area contributed by atoms with Crippen LogP contribution in [0.5, 0.6) is 0 Å². The quantitative estimate of drug-likeness (QED) is 0.459. The Labute approximate surface area is 152 Å². The van der Waals surface area contributed by atoms with Gasteiger partial charge in [0.05, 0.1) is 22.8 Å². The standard InChI is InChI=1S/C19H13N7O/c27-19-17-11(3-4-22-19)5-15(13-7-20-10-21-8-13)25-18(17)24-14-2-1-12-9-23-26-16(12)6-14/h1-10H,(H,22,27)(H,23,26)(H,24,25). The van der Waals surface area contributed by atoms with Crippen LogP contribution in [0.1, 0.15) is 0 Å². The third kappa shape index (κ3) is 2.69. The molecule has 0 saturated carbocycles. The lowest BCUT2D eigenvalue weighted by Crippen LogP contribution is -2.09. The van der Waals surface area contributed by atoms with Crippen molar-refractivity contribution in [3.05, 3.63) is 71.8 Å². The first-order chi connectivity index (χ1) is 13.3. The summed E-state index contributed by atoms with van der Waals surface area (Å²) in [7, 11) is 0. The maximum absolute atomic E-state index is 12.4. The summed E-state index contributed by atoms with van der Waals surface area (Å²) in [5.74, 6) is 0.465. The normalized spacial score (nSPS) is 11.1. The molecule has 3 N–H and O–H groups in total. The number of hydrogen-bond donors (Lipinski definition) is 3. The predicted octanol–water partition coefficient (Wildman–Crippen LogP) is 3.00. The number of fused-ring (bicyclic) bond motifs is 2. The number of aromatic amines is 2. The zero-order valence-electron chi connectivity index (χ0n) is 14.0. The van der Waals surface area contributed by atoms with Gasteiger partial charge in [0.25, 0.3) is 5.56 Å². The SMILES string of the molecule is O=c1[nH]ccc2cc(-c3cncnc3)nc(Nc3ccc4cn[nH]c4c3)c12. The van der Waals surface area contributed by atoms with Gasteiger partial charge < -0.3 is 10.3 Å². The van der Waals surface area contributed by atoms with Crippen molar-refractivity contribution in [2.24, 2.45) is 0 Å². The molecule has 130 valence electrons. The fourth-order valence-electron chi connectivity index (χ4n) is 3.04. The molecular weight excluding hydrogens is 342 g/mol. The third-order valence-corrected chi connectivity index (χ3v) is 4.32. The lowest BCUT2D eigenvalue weighted by molar-refractivity contribution is 1.12. The van der Waals surface area contributed by atoms with Crippen molar-refractivity contribution in [3.8, 4) is 11.3 Å². The fraction of sp³-hybridized carbons (Fsp3) is 0. The highest BCUT2D eigenvalue weighted by Crippen LogP contribution is 2.28. The zero-order chi connectivity index (χ0) is 18.2. The Bertz CT molecular complexity index is 1320. The van der Waals surface area contributed by atoms with E-state index in [-0.39, 0.29) is 5.56 Å². The molecule has 27 heavy (non-hydrogen) atoms. The van der Waals surface area contributed by atoms with Crippen LogP contribution in [0.2, 0.25) is 0 Å². The Hall–Kier alpha value is -4.07. The Balaban J connectivity index is 1.70. The summed E-state index contributed by atoms with van der Waals surface area (Å²) in [6, 6.07) is 9.48. The molecule has 0 spiro atoms. The molecule has 0 aliphatic carbocycles. The van der Waals surface area contributed by atoms with Gasteiger partial charge in [0.1, 0.15) is 12.1 Å². The second kappa shape index (κ2) is 6.03. The van der Waals surface area contributed by atoms with Crippen molar-refractivity contribution >= 4 is 33.2 Å². The van der Waals surface area contributed by atoms with Crippen molar-refractivity contribution < 1.29 is 0 Å². The molecule has 0 aliphatic rings. The maximum Gasteiger partial charge on any atom is 0.259 e. The molecule has 0 radical (unpaired) electrons. The van der Waals surface area contributed by atoms with Gasteiger partial charge in [-0.05, 0) is 35.7 Å². The number of anilines is 2. The highest BCUT2D eigenvalue weighted by Gasteiger charge is 2.12. The van der Waals surface area contributed by atoms with Crippen molar-refractivity contribution in [1.82, 2.24) is 30.1 Å². The Kier molecular flexibility index (Phi) is 3.39. The maximum atomic E-state index is 12.4. The largest absolute Gasteiger partial charge is 0.339 e. The van der Waals surface area contributed by atoms with E-state index in [0.29, 0.717) is 16.9 Å². The zero-order valence-corrected chi connectivity index (χ0v) is 14.0. The van der Waals surface area contributed by atoms with Crippen LogP contribution in [0.4, 0.5) is 11.5 Å². The van der Waals surface area contributed by atoms with Gasteiger partial charge in [0.15, 0.2) is 0 Å². The third-order valence-electron chi connectivity index (χ3n) is 4.32. The summed E-state index contributed by atoms with van der Waals surface area (Å²) in [5.41, 5.74) is 2.93. The summed E-state index contributed by atoms with van der Waals surface area (Å²) in [5, 5.41) is 12.5. The number of rotatable bonds is 3. The number of nitrogens with zero attached hydrogens (tertiary/aromatic N) is 4. The molecule has 1 aromatic carbocycles. The van der Waals surface area contributed by atoms with Crippen LogP contribution in [0.25, 0.3) is 32.9 Å². The van der Waals surface area contributed by atoms with Gasteiger partial charge in [-0.2, -0.15) is 5.10 Å². The molecule has 0 bridgehead atoms. The summed E-state index contributed by atoms with van der Waals surface area (Å²) in [4.78, 5) is 27.9. The molecule has 5 aromatic rings. The van der Waals surface area contributed by atoms with E-state index in [2.05, 4.69) is 35.5 Å². The average Bonchev–Trinajstić information content (AvgIpc) is 3.16. The summed E-state index contributed by atoms with van der Waals surface area (Å²) in [6.45, 7) is 0. The first kappa shape index (κ1) is 15.2. The highest BCUT2D eigenvalue weighted by molar-refractivity contribution is 5.95. The molecular formula is C19H13N7O. The van der Waals surface area contributed by atoms with E-state index in [9.17, 15) is 4.79 Å². The Morgan fingerprint density at radius 1 is 0.963 bits per heavy atom. The van der Waals surface area contributed by atoms with Gasteiger partial charge in [-0.25, -0.2) is 15.0 Å². The van der Waals surface area contributed by atoms with Gasteiger partial charge in [0, 0.05) is 35.2 Å². The Morgan fingerprint density at radius 3 is 2.74 bits per heavy atom. The second-order valence-corrected chi connectivity index (χ2v) is 6.05. The predicted molar refractivity (Wildman–Crippen MR) is 103 cm³/mol. The van der Waals surface area contributed by atoms with Gasteiger partial charge in [-0.3, -0.25) is 9.89 Å². The number of benzene rings is 1. The molecule has 4 aromatic heterocycles. The van der Waals surface area contributed by atoms with E-state index in [4.69, 9.17) is 0 Å². The van der Waals surface area contributed by atoms with Gasteiger partial charge in [0.2, 0.25) is 0 Å². The number of nitrogens with one attached hydrogen (secondary N) is 3. The van der Waals surface area contributed by atoms with Crippen LogP contribution in [0.3, 0.4) is 0 Å². The van der Waals surface area contributed by atoms with Crippen molar-refractivity contribution in [2.75, 3.05) is 5.32 Å². The number of hydrogen-bond acceptors (Lipinski definition) is 6. The molecule has 8 nitrogen and oxygen atoms in total. The van der Waals surface area contributed by atoms with E-state index in [1.54, 1.807) is 24.8 Å². The van der Waals surface area contributed by atoms with Gasteiger partial charge in [-0.1, -0.05) is 0 Å². The lowest BCUT2D eigenvalue weighted by Gasteiger charge is -2.11. The molecule has 0 unspecified atom stereocenters. The van der Waals surface area contributed by atoms with Gasteiger partial charge in [-0.15, -0.1) is 0 Å². The van der Waals surface area contributed by atoms with Crippen LogP contribution in [0, 0.1) is 0 Å². The van der Waals surface area contributed by atoms with Crippen molar-refractivity contribution in [3.63, 3.8) is 0 Å². The molecule has 0 saturated heterocycles. The van der Waals surface area contributed by atoms with Crippen LogP contribution >= 0.6 is 0 Å². The molecule has 4 heterocycles. The minimum Gasteiger partial charge on any atom is -0.339 e. The van der Waals surface area contributed by atoms with E-state index in [1.165, 1.54) is 6.33 Å². The first-order valence-electron chi connectivity index (χ1n) is 8.26. The van der Waals surface area contributed by atoms with E-state index < -0.39 is 0 Å². The summed E-state index contributed by atoms with van der Waals surface area (Å²) < 4.78 is 0. The fourth-order valence-corrected chi connectivity index (χ4v) is 3.04. The molecule has 0 aliphatic heterocycles. The average molecular weight is 355 g/mol. The van der Waals surface area contributed by atoms with Crippen molar-refractivity contribution in [1.29, 1.82) is 0 Å². The second-order valence-electron chi connectivity index (χ2n) is 6.05. The molecule has 0 atom stereocenters. The number of aromatic nitrogens is 6. The van der Waals surface area contributed by atoms with E-state index >= 15 is 0 Å². The molecule has 0 amide bonds. The van der Waals surface area contributed by atoms with Crippen LogP contribution < -0.4 is 10.9 Å². The first-order valence-corrected chi connectivity index (χ1v) is 8.26. The lowest BCUT2D eigenvalue weighted by atomic mass is 10.1. The minimum atomic E-state index is -0.207. The molecule has 5 rings (SSSR count).